The van der Waals surface area contributed by atoms with Crippen molar-refractivity contribution < 1.29 is 17.9 Å². The second-order valence-corrected chi connectivity index (χ2v) is 6.67. The molecule has 106 valence electrons. The van der Waals surface area contributed by atoms with Crippen molar-refractivity contribution in [2.24, 2.45) is 5.73 Å². The molecule has 0 aliphatic rings. The first-order valence-electron chi connectivity index (χ1n) is 5.55. The first-order valence-corrected chi connectivity index (χ1v) is 7.57. The third-order valence-electron chi connectivity index (χ3n) is 2.26. The zero-order valence-corrected chi connectivity index (χ0v) is 12.5. The van der Waals surface area contributed by atoms with Crippen molar-refractivity contribution in [1.82, 2.24) is 4.31 Å². The molecule has 0 atom stereocenters. The van der Waals surface area contributed by atoms with Crippen LogP contribution < -0.4 is 5.73 Å². The molecule has 0 heterocycles. The molecule has 0 unspecified atom stereocenters. The number of sulfonamides is 1. The molecule has 0 aliphatic carbocycles. The van der Waals surface area contributed by atoms with Crippen molar-refractivity contribution in [2.75, 3.05) is 19.4 Å². The molecular weight excluding hydrogens is 276 g/mol. The van der Waals surface area contributed by atoms with Gasteiger partial charge in [-0.15, -0.1) is 0 Å². The molecule has 0 saturated carbocycles. The van der Waals surface area contributed by atoms with Crippen molar-refractivity contribution in [3.8, 4) is 0 Å². The Bertz CT molecular complexity index is 393. The van der Waals surface area contributed by atoms with Gasteiger partial charge in [0, 0.05) is 12.5 Å². The lowest BCUT2D eigenvalue weighted by atomic mass is 10.3. The van der Waals surface area contributed by atoms with Gasteiger partial charge in [0.1, 0.15) is 0 Å². The van der Waals surface area contributed by atoms with Gasteiger partial charge >= 0.3 is 5.97 Å². The minimum atomic E-state index is -3.46. The Morgan fingerprint density at radius 2 is 2.00 bits per heavy atom. The van der Waals surface area contributed by atoms with E-state index in [1.807, 2.05) is 0 Å². The highest BCUT2D eigenvalue weighted by Gasteiger charge is 2.25. The van der Waals surface area contributed by atoms with E-state index in [2.05, 4.69) is 4.74 Å². The Hall–Kier alpha value is -0.730. The molecule has 6 nitrogen and oxygen atoms in total. The summed E-state index contributed by atoms with van der Waals surface area (Å²) in [6.07, 6.45) is 0.296. The predicted octanol–water partition coefficient (Wildman–Crippen LogP) is 0.266. The highest BCUT2D eigenvalue weighted by atomic mass is 32.2. The first-order chi connectivity index (χ1) is 8.20. The standard InChI is InChI=1S/C10H20N2O4S2/c1-8(2)12(7-9(11)17)18(14,15)6-4-5-10(13)16-3/h8H,4-7H2,1-3H3,(H2,11,17). The third-order valence-corrected chi connectivity index (χ3v) is 4.45. The van der Waals surface area contributed by atoms with Crippen LogP contribution in [0.5, 0.6) is 0 Å². The van der Waals surface area contributed by atoms with Gasteiger partial charge in [-0.05, 0) is 20.3 Å². The Kier molecular flexibility index (Phi) is 7.34. The lowest BCUT2D eigenvalue weighted by Gasteiger charge is -2.25. The van der Waals surface area contributed by atoms with Gasteiger partial charge in [0.05, 0.1) is 24.4 Å². The fourth-order valence-corrected chi connectivity index (χ4v) is 3.32. The maximum atomic E-state index is 12.0. The largest absolute Gasteiger partial charge is 0.469 e. The molecule has 0 aliphatic heterocycles. The van der Waals surface area contributed by atoms with Gasteiger partial charge in [0.15, 0.2) is 0 Å². The number of esters is 1. The fourth-order valence-electron chi connectivity index (χ4n) is 1.37. The summed E-state index contributed by atoms with van der Waals surface area (Å²) in [5.74, 6) is -0.543. The summed E-state index contributed by atoms with van der Waals surface area (Å²) in [6.45, 7) is 3.51. The number of nitrogens with zero attached hydrogens (tertiary/aromatic N) is 1. The fraction of sp³-hybridized carbons (Fsp3) is 0.800. The van der Waals surface area contributed by atoms with Gasteiger partial charge in [-0.3, -0.25) is 4.79 Å². The molecule has 0 saturated heterocycles. The molecule has 0 aromatic carbocycles. The molecule has 0 fully saturated rings. The first kappa shape index (κ1) is 17.3. The number of ether oxygens (including phenoxy) is 1. The molecule has 0 aromatic heterocycles. The number of nitrogens with two attached hydrogens (primary N) is 1. The van der Waals surface area contributed by atoms with Gasteiger partial charge in [-0.2, -0.15) is 4.31 Å². The topological polar surface area (TPSA) is 89.7 Å². The van der Waals surface area contributed by atoms with E-state index in [0.717, 1.165) is 0 Å². The molecule has 2 N–H and O–H groups in total. The van der Waals surface area contributed by atoms with Crippen LogP contribution in [-0.4, -0.2) is 49.1 Å². The number of hydrogen-bond acceptors (Lipinski definition) is 5. The average Bonchev–Trinajstić information content (AvgIpc) is 2.24. The zero-order valence-electron chi connectivity index (χ0n) is 10.9. The van der Waals surface area contributed by atoms with Crippen molar-refractivity contribution >= 4 is 33.2 Å². The second kappa shape index (κ2) is 7.65. The highest BCUT2D eigenvalue weighted by Crippen LogP contribution is 2.09. The maximum Gasteiger partial charge on any atom is 0.305 e. The molecule has 0 bridgehead atoms. The van der Waals surface area contributed by atoms with Gasteiger partial charge in [0.2, 0.25) is 10.0 Å². The normalized spacial score (nSPS) is 11.8. The lowest BCUT2D eigenvalue weighted by Crippen LogP contribution is -2.43. The third kappa shape index (κ3) is 6.27. The van der Waals surface area contributed by atoms with Crippen LogP contribution in [-0.2, 0) is 19.6 Å². The Morgan fingerprint density at radius 3 is 2.39 bits per heavy atom. The summed E-state index contributed by atoms with van der Waals surface area (Å²) in [4.78, 5) is 11.0. The van der Waals surface area contributed by atoms with Crippen molar-refractivity contribution in [1.29, 1.82) is 0 Å². The van der Waals surface area contributed by atoms with E-state index in [9.17, 15) is 13.2 Å². The summed E-state index contributed by atoms with van der Waals surface area (Å²) < 4.78 is 29.8. The molecule has 18 heavy (non-hydrogen) atoms. The van der Waals surface area contributed by atoms with Gasteiger partial charge in [-0.1, -0.05) is 12.2 Å². The summed E-state index contributed by atoms with van der Waals surface area (Å²) >= 11 is 4.73. The molecule has 0 amide bonds. The van der Waals surface area contributed by atoms with Crippen LogP contribution in [0.2, 0.25) is 0 Å². The van der Waals surface area contributed by atoms with Gasteiger partial charge < -0.3 is 10.5 Å². The van der Waals surface area contributed by atoms with E-state index in [4.69, 9.17) is 18.0 Å². The Morgan fingerprint density at radius 1 is 1.44 bits per heavy atom. The van der Waals surface area contributed by atoms with Crippen molar-refractivity contribution in [3.05, 3.63) is 0 Å². The minimum Gasteiger partial charge on any atom is -0.469 e. The molecule has 8 heteroatoms. The summed E-state index contributed by atoms with van der Waals surface area (Å²) in [7, 11) is -2.19. The number of carbonyl (C=O) groups is 1. The van der Waals surface area contributed by atoms with E-state index in [1.165, 1.54) is 11.4 Å². The Labute approximate surface area is 114 Å². The Balaban J connectivity index is 4.56. The van der Waals surface area contributed by atoms with Crippen LogP contribution in [0.15, 0.2) is 0 Å². The number of methoxy groups -OCH3 is 1. The van der Waals surface area contributed by atoms with Crippen molar-refractivity contribution in [3.63, 3.8) is 0 Å². The predicted molar refractivity (Wildman–Crippen MR) is 73.7 cm³/mol. The molecule has 0 radical (unpaired) electrons. The van der Waals surface area contributed by atoms with E-state index in [0.29, 0.717) is 0 Å². The van der Waals surface area contributed by atoms with E-state index < -0.39 is 16.0 Å². The van der Waals surface area contributed by atoms with Gasteiger partial charge in [0.25, 0.3) is 0 Å². The van der Waals surface area contributed by atoms with E-state index >= 15 is 0 Å². The molecule has 0 rings (SSSR count). The van der Waals surface area contributed by atoms with E-state index in [1.54, 1.807) is 13.8 Å². The molecule has 0 spiro atoms. The van der Waals surface area contributed by atoms with Crippen LogP contribution in [0.4, 0.5) is 0 Å². The summed E-state index contributed by atoms with van der Waals surface area (Å²) in [6, 6.07) is -0.227. The molecular formula is C10H20N2O4S2. The van der Waals surface area contributed by atoms with Gasteiger partial charge in [-0.25, -0.2) is 8.42 Å². The number of thiocarbonyl (C=S) groups is 1. The van der Waals surface area contributed by atoms with Crippen LogP contribution in [0, 0.1) is 0 Å². The monoisotopic (exact) mass is 296 g/mol. The number of rotatable bonds is 8. The minimum absolute atomic E-state index is 0.0214. The summed E-state index contributed by atoms with van der Waals surface area (Å²) in [5, 5.41) is 0. The summed E-state index contributed by atoms with van der Waals surface area (Å²) in [5.41, 5.74) is 5.38. The quantitative estimate of drug-likeness (QED) is 0.511. The molecule has 0 aromatic rings. The van der Waals surface area contributed by atoms with E-state index in [-0.39, 0.29) is 36.2 Å². The lowest BCUT2D eigenvalue weighted by molar-refractivity contribution is -0.140. The van der Waals surface area contributed by atoms with Crippen LogP contribution in [0.25, 0.3) is 0 Å². The average molecular weight is 296 g/mol. The number of hydrogen-bond donors (Lipinski definition) is 1. The van der Waals surface area contributed by atoms with Crippen LogP contribution in [0.1, 0.15) is 26.7 Å². The maximum absolute atomic E-state index is 12.0. The highest BCUT2D eigenvalue weighted by molar-refractivity contribution is 7.89. The smallest absolute Gasteiger partial charge is 0.305 e. The second-order valence-electron chi connectivity index (χ2n) is 4.10. The van der Waals surface area contributed by atoms with Crippen molar-refractivity contribution in [2.45, 2.75) is 32.7 Å². The zero-order chi connectivity index (χ0) is 14.3. The van der Waals surface area contributed by atoms with Crippen LogP contribution in [0.3, 0.4) is 0 Å². The van der Waals surface area contributed by atoms with Crippen LogP contribution >= 0.6 is 12.2 Å². The number of carbonyl (C=O) groups excluding carboxylic acids is 1. The SMILES string of the molecule is COC(=O)CCCS(=O)(=O)N(CC(N)=S)C(C)C.